The fourth-order valence-corrected chi connectivity index (χ4v) is 10.1. The van der Waals surface area contributed by atoms with E-state index < -0.39 is 0 Å². The van der Waals surface area contributed by atoms with Crippen molar-refractivity contribution in [2.75, 3.05) is 0 Å². The van der Waals surface area contributed by atoms with E-state index in [0.29, 0.717) is 5.95 Å². The minimum absolute atomic E-state index is 0.638. The predicted octanol–water partition coefficient (Wildman–Crippen LogP) is 14.0. The second-order valence-electron chi connectivity index (χ2n) is 14.6. The number of rotatable bonds is 5. The molecular formula is C52H32N4S. The Morgan fingerprint density at radius 2 is 1.02 bits per heavy atom. The first-order chi connectivity index (χ1) is 28.3. The van der Waals surface area contributed by atoms with E-state index in [2.05, 4.69) is 203 Å². The molecule has 0 saturated carbocycles. The molecule has 12 rings (SSSR count). The van der Waals surface area contributed by atoms with Gasteiger partial charge in [0.05, 0.1) is 33.5 Å². The van der Waals surface area contributed by atoms with Crippen LogP contribution in [0.2, 0.25) is 0 Å². The lowest BCUT2D eigenvalue weighted by molar-refractivity contribution is 0.996. The van der Waals surface area contributed by atoms with Crippen molar-refractivity contribution in [2.45, 2.75) is 0 Å². The molecule has 0 aliphatic heterocycles. The van der Waals surface area contributed by atoms with Crippen LogP contribution in [0.1, 0.15) is 0 Å². The summed E-state index contributed by atoms with van der Waals surface area (Å²) in [5, 5.41) is 7.29. The Bertz CT molecular complexity index is 3520. The van der Waals surface area contributed by atoms with Crippen LogP contribution in [0.25, 0.3) is 109 Å². The smallest absolute Gasteiger partial charge is 0.235 e. The maximum Gasteiger partial charge on any atom is 0.235 e. The number of hydrogen-bond acceptors (Lipinski definition) is 3. The Morgan fingerprint density at radius 3 is 1.86 bits per heavy atom. The van der Waals surface area contributed by atoms with Crippen molar-refractivity contribution in [2.24, 2.45) is 0 Å². The van der Waals surface area contributed by atoms with Gasteiger partial charge in [0.25, 0.3) is 0 Å². The second-order valence-corrected chi connectivity index (χ2v) is 15.6. The van der Waals surface area contributed by atoms with Gasteiger partial charge in [-0.1, -0.05) is 146 Å². The zero-order valence-corrected chi connectivity index (χ0v) is 31.5. The SMILES string of the molecule is c1ccc(-c2cccc(-c3cc(-c4cccc5c4sc4ccccc45)nc(-n4c5ccccc5c5c4ccc4c6ccccc6n(-c6ccccc6)c45)n3)c2)cc1. The summed E-state index contributed by atoms with van der Waals surface area (Å²) >= 11 is 1.83. The highest BCUT2D eigenvalue weighted by atomic mass is 32.1. The predicted molar refractivity (Wildman–Crippen MR) is 240 cm³/mol. The van der Waals surface area contributed by atoms with Crippen molar-refractivity contribution >= 4 is 75.1 Å². The lowest BCUT2D eigenvalue weighted by Gasteiger charge is -2.13. The normalized spacial score (nSPS) is 11.9. The molecule has 5 heteroatoms. The third-order valence-corrected chi connectivity index (χ3v) is 12.6. The molecule has 0 N–H and O–H groups in total. The van der Waals surface area contributed by atoms with Crippen LogP contribution in [0.3, 0.4) is 0 Å². The van der Waals surface area contributed by atoms with Crippen molar-refractivity contribution < 1.29 is 0 Å². The molecule has 4 heterocycles. The van der Waals surface area contributed by atoms with Gasteiger partial charge in [0.15, 0.2) is 0 Å². The van der Waals surface area contributed by atoms with Crippen LogP contribution in [-0.2, 0) is 0 Å². The number of thiophene rings is 1. The van der Waals surface area contributed by atoms with Crippen molar-refractivity contribution in [1.29, 1.82) is 0 Å². The molecule has 0 amide bonds. The summed E-state index contributed by atoms with van der Waals surface area (Å²) in [6, 6.07) is 69.4. The summed E-state index contributed by atoms with van der Waals surface area (Å²) in [4.78, 5) is 11.0. The van der Waals surface area contributed by atoms with Crippen molar-refractivity contribution in [1.82, 2.24) is 19.1 Å². The van der Waals surface area contributed by atoms with E-state index in [1.165, 1.54) is 52.9 Å². The highest BCUT2D eigenvalue weighted by molar-refractivity contribution is 7.26. The number of hydrogen-bond donors (Lipinski definition) is 0. The molecule has 0 aliphatic carbocycles. The highest BCUT2D eigenvalue weighted by Crippen LogP contribution is 2.43. The van der Waals surface area contributed by atoms with Crippen molar-refractivity contribution in [3.05, 3.63) is 194 Å². The van der Waals surface area contributed by atoms with Gasteiger partial charge in [0.1, 0.15) is 0 Å². The summed E-state index contributed by atoms with van der Waals surface area (Å²) in [5.74, 6) is 0.638. The van der Waals surface area contributed by atoms with E-state index in [1.807, 2.05) is 11.3 Å². The van der Waals surface area contributed by atoms with Crippen molar-refractivity contribution in [3.8, 4) is 45.3 Å². The number of aromatic nitrogens is 4. The Kier molecular flexibility index (Phi) is 7.06. The molecule has 0 atom stereocenters. The Labute approximate surface area is 332 Å². The monoisotopic (exact) mass is 744 g/mol. The van der Waals surface area contributed by atoms with Crippen LogP contribution in [0, 0.1) is 0 Å². The van der Waals surface area contributed by atoms with E-state index in [-0.39, 0.29) is 0 Å². The molecule has 4 nitrogen and oxygen atoms in total. The zero-order valence-electron chi connectivity index (χ0n) is 30.7. The minimum Gasteiger partial charge on any atom is -0.309 e. The van der Waals surface area contributed by atoms with Gasteiger partial charge < -0.3 is 4.57 Å². The quantitative estimate of drug-likeness (QED) is 0.176. The fraction of sp³-hybridized carbons (Fsp3) is 0. The molecule has 0 spiro atoms. The van der Waals surface area contributed by atoms with Gasteiger partial charge in [-0.05, 0) is 59.7 Å². The summed E-state index contributed by atoms with van der Waals surface area (Å²) in [6.07, 6.45) is 0. The Balaban J connectivity index is 1.18. The minimum atomic E-state index is 0.638. The second kappa shape index (κ2) is 12.6. The van der Waals surface area contributed by atoms with Gasteiger partial charge in [0, 0.05) is 58.5 Å². The summed E-state index contributed by atoms with van der Waals surface area (Å²) in [7, 11) is 0. The molecule has 0 aliphatic rings. The molecule has 0 fully saturated rings. The summed E-state index contributed by atoms with van der Waals surface area (Å²) < 4.78 is 7.19. The lowest BCUT2D eigenvalue weighted by atomic mass is 10.0. The standard InChI is InChI=1S/C52H32N4S/c1-3-15-33(16-4-1)34-17-13-18-35(31-34)43-32-44(41-25-14-24-40-38-22-9-12-28-48(38)57-51(40)41)54-52(53-43)56-46-27-11-8-23-42(46)49-47(56)30-29-39-37-21-7-10-26-45(37)55(50(39)49)36-19-5-2-6-20-36/h1-32H. The highest BCUT2D eigenvalue weighted by Gasteiger charge is 2.23. The van der Waals surface area contributed by atoms with Gasteiger partial charge in [-0.25, -0.2) is 9.97 Å². The molecule has 57 heavy (non-hydrogen) atoms. The van der Waals surface area contributed by atoms with Gasteiger partial charge >= 0.3 is 0 Å². The van der Waals surface area contributed by atoms with Crippen LogP contribution in [0.15, 0.2) is 194 Å². The Morgan fingerprint density at radius 1 is 0.386 bits per heavy atom. The average molecular weight is 745 g/mol. The molecule has 0 unspecified atom stereocenters. The maximum atomic E-state index is 5.53. The molecule has 0 radical (unpaired) electrons. The number of para-hydroxylation sites is 3. The molecule has 266 valence electrons. The molecule has 0 bridgehead atoms. The topological polar surface area (TPSA) is 35.6 Å². The van der Waals surface area contributed by atoms with Crippen LogP contribution >= 0.6 is 11.3 Å². The third kappa shape index (κ3) is 4.93. The van der Waals surface area contributed by atoms with E-state index in [4.69, 9.17) is 9.97 Å². The summed E-state index contributed by atoms with van der Waals surface area (Å²) in [6.45, 7) is 0. The molecule has 4 aromatic heterocycles. The first kappa shape index (κ1) is 32.0. The average Bonchev–Trinajstić information content (AvgIpc) is 3.95. The van der Waals surface area contributed by atoms with Gasteiger partial charge in [-0.3, -0.25) is 4.57 Å². The van der Waals surface area contributed by atoms with Gasteiger partial charge in [0.2, 0.25) is 5.95 Å². The van der Waals surface area contributed by atoms with Crippen LogP contribution in [0.4, 0.5) is 0 Å². The molecule has 0 saturated heterocycles. The van der Waals surface area contributed by atoms with Crippen LogP contribution in [0.5, 0.6) is 0 Å². The van der Waals surface area contributed by atoms with Crippen LogP contribution < -0.4 is 0 Å². The zero-order chi connectivity index (χ0) is 37.5. The lowest BCUT2D eigenvalue weighted by Crippen LogP contribution is -2.04. The first-order valence-corrected chi connectivity index (χ1v) is 20.1. The van der Waals surface area contributed by atoms with E-state index in [9.17, 15) is 0 Å². The van der Waals surface area contributed by atoms with Crippen molar-refractivity contribution in [3.63, 3.8) is 0 Å². The largest absolute Gasteiger partial charge is 0.309 e. The summed E-state index contributed by atoms with van der Waals surface area (Å²) in [5.41, 5.74) is 11.8. The fourth-order valence-electron chi connectivity index (χ4n) is 8.83. The first-order valence-electron chi connectivity index (χ1n) is 19.3. The van der Waals surface area contributed by atoms with Crippen LogP contribution in [-0.4, -0.2) is 19.1 Å². The van der Waals surface area contributed by atoms with E-state index >= 15 is 0 Å². The molecule has 8 aromatic carbocycles. The Hall–Kier alpha value is -7.34. The van der Waals surface area contributed by atoms with Gasteiger partial charge in [-0.15, -0.1) is 11.3 Å². The van der Waals surface area contributed by atoms with E-state index in [0.717, 1.165) is 50.2 Å². The number of fused-ring (bicyclic) bond motifs is 10. The number of benzene rings is 8. The molecular weight excluding hydrogens is 713 g/mol. The molecule has 12 aromatic rings. The maximum absolute atomic E-state index is 5.53. The number of nitrogens with zero attached hydrogens (tertiary/aromatic N) is 4. The van der Waals surface area contributed by atoms with E-state index in [1.54, 1.807) is 0 Å². The third-order valence-electron chi connectivity index (χ3n) is 11.3. The van der Waals surface area contributed by atoms with Gasteiger partial charge in [-0.2, -0.15) is 0 Å².